The van der Waals surface area contributed by atoms with Crippen LogP contribution in [0.3, 0.4) is 0 Å². The molecule has 1 aromatic rings. The first-order chi connectivity index (χ1) is 9.06. The standard InChI is InChI=1S/C13H22N4OS/c1-9(8-17-6-4-3-5-7-17)15-12(18)11-10(2)16-13(14)19-11/h9H,3-8H2,1-2H3,(H2,14,16)(H,15,18). The average molecular weight is 282 g/mol. The highest BCUT2D eigenvalue weighted by Gasteiger charge is 2.18. The molecule has 0 saturated carbocycles. The van der Waals surface area contributed by atoms with Gasteiger partial charge in [-0.15, -0.1) is 0 Å². The number of hydrogen-bond acceptors (Lipinski definition) is 5. The number of hydrogen-bond donors (Lipinski definition) is 2. The van der Waals surface area contributed by atoms with E-state index in [0.717, 1.165) is 19.6 Å². The number of anilines is 1. The fraction of sp³-hybridized carbons (Fsp3) is 0.692. The Morgan fingerprint density at radius 1 is 1.47 bits per heavy atom. The molecule has 0 aromatic carbocycles. The maximum Gasteiger partial charge on any atom is 0.263 e. The van der Waals surface area contributed by atoms with Crippen LogP contribution in [-0.4, -0.2) is 41.5 Å². The molecule has 106 valence electrons. The van der Waals surface area contributed by atoms with Crippen molar-refractivity contribution in [2.24, 2.45) is 0 Å². The SMILES string of the molecule is Cc1nc(N)sc1C(=O)NC(C)CN1CCCCC1. The van der Waals surface area contributed by atoms with Gasteiger partial charge in [0.05, 0.1) is 5.69 Å². The lowest BCUT2D eigenvalue weighted by atomic mass is 10.1. The smallest absolute Gasteiger partial charge is 0.263 e. The lowest BCUT2D eigenvalue weighted by molar-refractivity contribution is 0.0929. The van der Waals surface area contributed by atoms with E-state index in [2.05, 4.69) is 15.2 Å². The second-order valence-corrected chi connectivity index (χ2v) is 6.23. The Kier molecular flexibility index (Phi) is 4.76. The molecule has 0 bridgehead atoms. The first-order valence-corrected chi connectivity index (χ1v) is 7.64. The number of nitrogen functional groups attached to an aromatic ring is 1. The molecular weight excluding hydrogens is 260 g/mol. The van der Waals surface area contributed by atoms with Gasteiger partial charge in [-0.3, -0.25) is 4.79 Å². The van der Waals surface area contributed by atoms with Crippen molar-refractivity contribution < 1.29 is 4.79 Å². The van der Waals surface area contributed by atoms with Crippen molar-refractivity contribution in [1.82, 2.24) is 15.2 Å². The minimum Gasteiger partial charge on any atom is -0.375 e. The van der Waals surface area contributed by atoms with Crippen LogP contribution in [0.4, 0.5) is 5.13 Å². The van der Waals surface area contributed by atoms with Crippen molar-refractivity contribution in [2.75, 3.05) is 25.4 Å². The summed E-state index contributed by atoms with van der Waals surface area (Å²) in [6.45, 7) is 7.07. The van der Waals surface area contributed by atoms with Crippen LogP contribution in [0.5, 0.6) is 0 Å². The second-order valence-electron chi connectivity index (χ2n) is 5.20. The molecule has 1 saturated heterocycles. The van der Waals surface area contributed by atoms with Crippen LogP contribution in [0.2, 0.25) is 0 Å². The predicted octanol–water partition coefficient (Wildman–Crippen LogP) is 1.64. The van der Waals surface area contributed by atoms with Gasteiger partial charge in [-0.05, 0) is 39.8 Å². The van der Waals surface area contributed by atoms with Crippen molar-refractivity contribution in [2.45, 2.75) is 39.2 Å². The third-order valence-electron chi connectivity index (χ3n) is 3.38. The molecule has 0 aliphatic carbocycles. The number of nitrogens with zero attached hydrogens (tertiary/aromatic N) is 2. The lowest BCUT2D eigenvalue weighted by Crippen LogP contribution is -2.43. The molecule has 2 heterocycles. The number of carbonyl (C=O) groups excluding carboxylic acids is 1. The maximum atomic E-state index is 12.1. The Morgan fingerprint density at radius 3 is 2.74 bits per heavy atom. The Bertz CT molecular complexity index is 440. The highest BCUT2D eigenvalue weighted by molar-refractivity contribution is 7.17. The fourth-order valence-electron chi connectivity index (χ4n) is 2.49. The van der Waals surface area contributed by atoms with E-state index < -0.39 is 0 Å². The number of piperidine rings is 1. The molecule has 1 aromatic heterocycles. The topological polar surface area (TPSA) is 71.2 Å². The summed E-state index contributed by atoms with van der Waals surface area (Å²) in [5, 5.41) is 3.48. The first-order valence-electron chi connectivity index (χ1n) is 6.82. The average Bonchev–Trinajstić information content (AvgIpc) is 2.69. The molecule has 1 amide bonds. The van der Waals surface area contributed by atoms with Crippen LogP contribution in [0.15, 0.2) is 0 Å². The number of nitrogens with one attached hydrogen (secondary N) is 1. The lowest BCUT2D eigenvalue weighted by Gasteiger charge is -2.29. The predicted molar refractivity (Wildman–Crippen MR) is 78.5 cm³/mol. The van der Waals surface area contributed by atoms with Gasteiger partial charge in [-0.1, -0.05) is 17.8 Å². The zero-order chi connectivity index (χ0) is 13.8. The molecule has 1 aliphatic heterocycles. The number of amides is 1. The van der Waals surface area contributed by atoms with Gasteiger partial charge in [0.2, 0.25) is 0 Å². The van der Waals surface area contributed by atoms with Crippen LogP contribution >= 0.6 is 11.3 Å². The van der Waals surface area contributed by atoms with Gasteiger partial charge in [0, 0.05) is 12.6 Å². The van der Waals surface area contributed by atoms with Crippen molar-refractivity contribution >= 4 is 22.4 Å². The monoisotopic (exact) mass is 282 g/mol. The Balaban J connectivity index is 1.86. The molecule has 6 heteroatoms. The van der Waals surface area contributed by atoms with Gasteiger partial charge in [0.25, 0.3) is 5.91 Å². The van der Waals surface area contributed by atoms with E-state index in [-0.39, 0.29) is 11.9 Å². The number of aryl methyl sites for hydroxylation is 1. The zero-order valence-corrected chi connectivity index (χ0v) is 12.4. The van der Waals surface area contributed by atoms with Crippen LogP contribution in [0, 0.1) is 6.92 Å². The number of nitrogens with two attached hydrogens (primary N) is 1. The highest BCUT2D eigenvalue weighted by atomic mass is 32.1. The van der Waals surface area contributed by atoms with E-state index in [1.807, 2.05) is 13.8 Å². The van der Waals surface area contributed by atoms with E-state index in [1.54, 1.807) is 0 Å². The Hall–Kier alpha value is -1.14. The summed E-state index contributed by atoms with van der Waals surface area (Å²) in [4.78, 5) is 19.2. The molecular formula is C13H22N4OS. The normalized spacial score (nSPS) is 18.2. The minimum absolute atomic E-state index is 0.0591. The van der Waals surface area contributed by atoms with Crippen molar-refractivity contribution in [1.29, 1.82) is 0 Å². The summed E-state index contributed by atoms with van der Waals surface area (Å²) < 4.78 is 0. The van der Waals surface area contributed by atoms with E-state index in [1.165, 1.54) is 30.6 Å². The van der Waals surface area contributed by atoms with Crippen molar-refractivity contribution in [3.63, 3.8) is 0 Å². The van der Waals surface area contributed by atoms with Gasteiger partial charge in [0.15, 0.2) is 5.13 Å². The van der Waals surface area contributed by atoms with Crippen molar-refractivity contribution in [3.8, 4) is 0 Å². The largest absolute Gasteiger partial charge is 0.375 e. The summed E-state index contributed by atoms with van der Waals surface area (Å²) in [5.41, 5.74) is 6.33. The van der Waals surface area contributed by atoms with Crippen LogP contribution < -0.4 is 11.1 Å². The summed E-state index contributed by atoms with van der Waals surface area (Å²) in [6.07, 6.45) is 3.87. The third-order valence-corrected chi connectivity index (χ3v) is 4.36. The van der Waals surface area contributed by atoms with E-state index in [0.29, 0.717) is 15.7 Å². The molecule has 0 radical (unpaired) electrons. The molecule has 1 aliphatic rings. The Morgan fingerprint density at radius 2 is 2.16 bits per heavy atom. The molecule has 1 fully saturated rings. The summed E-state index contributed by atoms with van der Waals surface area (Å²) in [6, 6.07) is 0.147. The van der Waals surface area contributed by atoms with Gasteiger partial charge < -0.3 is 16.0 Å². The quantitative estimate of drug-likeness (QED) is 0.880. The van der Waals surface area contributed by atoms with E-state index >= 15 is 0 Å². The van der Waals surface area contributed by atoms with E-state index in [4.69, 9.17) is 5.73 Å². The molecule has 0 spiro atoms. The summed E-state index contributed by atoms with van der Waals surface area (Å²) in [7, 11) is 0. The number of aromatic nitrogens is 1. The minimum atomic E-state index is -0.0591. The van der Waals surface area contributed by atoms with Gasteiger partial charge in [-0.25, -0.2) is 4.98 Å². The molecule has 1 unspecified atom stereocenters. The zero-order valence-electron chi connectivity index (χ0n) is 11.6. The molecule has 2 rings (SSSR count). The molecule has 5 nitrogen and oxygen atoms in total. The molecule has 1 atom stereocenters. The third kappa shape index (κ3) is 3.91. The number of thiazole rings is 1. The number of rotatable bonds is 4. The summed E-state index contributed by atoms with van der Waals surface area (Å²) >= 11 is 1.25. The first kappa shape index (κ1) is 14.3. The fourth-order valence-corrected chi connectivity index (χ4v) is 3.23. The maximum absolute atomic E-state index is 12.1. The van der Waals surface area contributed by atoms with Gasteiger partial charge in [-0.2, -0.15) is 0 Å². The van der Waals surface area contributed by atoms with Crippen molar-refractivity contribution in [3.05, 3.63) is 10.6 Å². The molecule has 19 heavy (non-hydrogen) atoms. The molecule has 3 N–H and O–H groups in total. The Labute approximate surface area is 118 Å². The van der Waals surface area contributed by atoms with Crippen LogP contribution in [0.1, 0.15) is 41.6 Å². The van der Waals surface area contributed by atoms with E-state index in [9.17, 15) is 4.79 Å². The van der Waals surface area contributed by atoms with Crippen LogP contribution in [-0.2, 0) is 0 Å². The van der Waals surface area contributed by atoms with Gasteiger partial charge in [0.1, 0.15) is 4.88 Å². The van der Waals surface area contributed by atoms with Crippen LogP contribution in [0.25, 0.3) is 0 Å². The number of carbonyl (C=O) groups is 1. The van der Waals surface area contributed by atoms with Gasteiger partial charge >= 0.3 is 0 Å². The second kappa shape index (κ2) is 6.34. The highest BCUT2D eigenvalue weighted by Crippen LogP contribution is 2.19. The summed E-state index contributed by atoms with van der Waals surface area (Å²) in [5.74, 6) is -0.0591. The number of likely N-dealkylation sites (tertiary alicyclic amines) is 1.